The van der Waals surface area contributed by atoms with Crippen LogP contribution in [0.4, 0.5) is 10.2 Å². The molecule has 0 N–H and O–H groups in total. The predicted molar refractivity (Wildman–Crippen MR) is 76.6 cm³/mol. The Morgan fingerprint density at radius 1 is 1.50 bits per heavy atom. The van der Waals surface area contributed by atoms with Gasteiger partial charge in [0.25, 0.3) is 0 Å². The highest BCUT2D eigenvalue weighted by atomic mass is 19.1. The molecule has 1 aromatic heterocycles. The quantitative estimate of drug-likeness (QED) is 0.678. The van der Waals surface area contributed by atoms with Crippen molar-refractivity contribution < 1.29 is 9.18 Å². The van der Waals surface area contributed by atoms with Gasteiger partial charge < -0.3 is 4.90 Å². The monoisotopic (exact) mass is 282 g/mol. The zero-order valence-electron chi connectivity index (χ0n) is 12.3. The first-order chi connectivity index (χ1) is 9.63. The fourth-order valence-corrected chi connectivity index (χ4v) is 2.35. The maximum atomic E-state index is 12.7. The van der Waals surface area contributed by atoms with Crippen molar-refractivity contribution in [3.8, 4) is 0 Å². The molecule has 1 aliphatic heterocycles. The van der Waals surface area contributed by atoms with Gasteiger partial charge in [0.1, 0.15) is 12.0 Å². The summed E-state index contributed by atoms with van der Waals surface area (Å²) in [6.45, 7) is 4.86. The fourth-order valence-electron chi connectivity index (χ4n) is 2.35. The molecule has 20 heavy (non-hydrogen) atoms. The number of anilines is 1. The van der Waals surface area contributed by atoms with Crippen LogP contribution in [-0.4, -0.2) is 53.9 Å². The van der Waals surface area contributed by atoms with E-state index in [9.17, 15) is 9.18 Å². The Bertz CT molecular complexity index is 442. The van der Waals surface area contributed by atoms with Crippen LogP contribution in [0.25, 0.3) is 0 Å². The number of carbonyl (C=O) groups is 1. The number of aryl methyl sites for hydroxylation is 1. The van der Waals surface area contributed by atoms with Crippen LogP contribution in [0.15, 0.2) is 6.07 Å². The van der Waals surface area contributed by atoms with Gasteiger partial charge in [-0.1, -0.05) is 13.3 Å². The van der Waals surface area contributed by atoms with Crippen molar-refractivity contribution in [3.63, 3.8) is 0 Å². The summed E-state index contributed by atoms with van der Waals surface area (Å²) in [6.07, 6.45) is 3.06. The summed E-state index contributed by atoms with van der Waals surface area (Å²) in [4.78, 5) is 14.6. The molecule has 6 heteroatoms. The molecular weight excluding hydrogens is 259 g/mol. The Kier molecular flexibility index (Phi) is 5.11. The highest BCUT2D eigenvalue weighted by molar-refractivity contribution is 5.72. The minimum absolute atomic E-state index is 0.539. The summed E-state index contributed by atoms with van der Waals surface area (Å²) in [5, 5.41) is 4.56. The van der Waals surface area contributed by atoms with E-state index in [1.807, 2.05) is 10.7 Å². The number of rotatable bonds is 8. The first-order valence-electron chi connectivity index (χ1n) is 7.25. The molecule has 112 valence electrons. The van der Waals surface area contributed by atoms with Gasteiger partial charge >= 0.3 is 0 Å². The lowest BCUT2D eigenvalue weighted by atomic mass is 10.1. The lowest BCUT2D eigenvalue weighted by Crippen LogP contribution is -2.48. The molecule has 1 amide bonds. The van der Waals surface area contributed by atoms with Gasteiger partial charge in [-0.3, -0.25) is 9.69 Å². The molecule has 0 radical (unpaired) electrons. The van der Waals surface area contributed by atoms with Gasteiger partial charge in [-0.05, 0) is 6.42 Å². The fraction of sp³-hybridized carbons (Fsp3) is 0.714. The maximum Gasteiger partial charge on any atom is 0.215 e. The average molecular weight is 282 g/mol. The van der Waals surface area contributed by atoms with Gasteiger partial charge in [-0.15, -0.1) is 0 Å². The lowest BCUT2D eigenvalue weighted by Gasteiger charge is -2.33. The number of carbonyl (C=O) groups excluding carboxylic acids is 1. The zero-order chi connectivity index (χ0) is 14.5. The van der Waals surface area contributed by atoms with Crippen LogP contribution in [0.5, 0.6) is 0 Å². The Hall–Kier alpha value is -1.43. The Labute approximate surface area is 119 Å². The lowest BCUT2D eigenvalue weighted by molar-refractivity contribution is -0.107. The molecule has 5 nitrogen and oxygen atoms in total. The zero-order valence-corrected chi connectivity index (χ0v) is 12.3. The van der Waals surface area contributed by atoms with Gasteiger partial charge in [0.2, 0.25) is 6.41 Å². The number of nitrogens with zero attached hydrogens (tertiary/aromatic N) is 4. The van der Waals surface area contributed by atoms with E-state index in [0.29, 0.717) is 13.1 Å². The van der Waals surface area contributed by atoms with E-state index in [2.05, 4.69) is 16.9 Å². The van der Waals surface area contributed by atoms with Crippen molar-refractivity contribution in [2.45, 2.75) is 38.9 Å². The van der Waals surface area contributed by atoms with Crippen LogP contribution in [-0.2, 0) is 17.8 Å². The molecule has 1 aromatic rings. The molecule has 0 aromatic carbocycles. The van der Waals surface area contributed by atoms with Crippen LogP contribution in [0.2, 0.25) is 0 Å². The van der Waals surface area contributed by atoms with Crippen LogP contribution >= 0.6 is 0 Å². The van der Waals surface area contributed by atoms with Crippen LogP contribution < -0.4 is 4.90 Å². The van der Waals surface area contributed by atoms with Crippen LogP contribution in [0, 0.1) is 0 Å². The summed E-state index contributed by atoms with van der Waals surface area (Å²) in [5.74, 6) is 0.829. The molecule has 0 saturated carbocycles. The predicted octanol–water partition coefficient (Wildman–Crippen LogP) is 1.47. The number of hydrogen-bond acceptors (Lipinski definition) is 3. The number of amides is 1. The third-order valence-electron chi connectivity index (χ3n) is 3.65. The Morgan fingerprint density at radius 2 is 2.25 bits per heavy atom. The molecule has 2 rings (SSSR count). The first-order valence-corrected chi connectivity index (χ1v) is 7.25. The number of halogens is 1. The molecule has 1 saturated heterocycles. The van der Waals surface area contributed by atoms with Crippen LogP contribution in [0.1, 0.15) is 25.5 Å². The second-order valence-corrected chi connectivity index (χ2v) is 5.39. The van der Waals surface area contributed by atoms with Crippen molar-refractivity contribution in [2.75, 3.05) is 31.6 Å². The number of unbranched alkanes of at least 4 members (excludes halogenated alkanes) is 1. The van der Waals surface area contributed by atoms with E-state index in [-0.39, 0.29) is 0 Å². The molecule has 1 aliphatic rings. The maximum absolute atomic E-state index is 12.7. The molecule has 0 spiro atoms. The molecule has 0 bridgehead atoms. The highest BCUT2D eigenvalue weighted by Crippen LogP contribution is 2.17. The Morgan fingerprint density at radius 3 is 2.85 bits per heavy atom. The summed E-state index contributed by atoms with van der Waals surface area (Å²) in [5.41, 5.74) is 0.965. The molecule has 0 aliphatic carbocycles. The van der Waals surface area contributed by atoms with Gasteiger partial charge in [0.05, 0.1) is 5.69 Å². The third-order valence-corrected chi connectivity index (χ3v) is 3.65. The number of aromatic nitrogens is 2. The minimum Gasteiger partial charge on any atom is -0.303 e. The molecule has 1 fully saturated rings. The Balaban J connectivity index is 1.97. The summed E-state index contributed by atoms with van der Waals surface area (Å²) >= 11 is 0. The van der Waals surface area contributed by atoms with Gasteiger partial charge in [-0.25, -0.2) is 9.07 Å². The van der Waals surface area contributed by atoms with E-state index in [1.165, 1.54) is 0 Å². The normalized spacial score (nSPS) is 16.1. The third kappa shape index (κ3) is 3.56. The van der Waals surface area contributed by atoms with Crippen molar-refractivity contribution in [3.05, 3.63) is 11.8 Å². The van der Waals surface area contributed by atoms with Gasteiger partial charge in [0.15, 0.2) is 0 Å². The van der Waals surface area contributed by atoms with Gasteiger partial charge in [0, 0.05) is 45.7 Å². The minimum atomic E-state index is -0.658. The van der Waals surface area contributed by atoms with E-state index in [4.69, 9.17) is 0 Å². The number of hydrogen-bond donors (Lipinski definition) is 0. The average Bonchev–Trinajstić information content (AvgIpc) is 2.82. The second-order valence-electron chi connectivity index (χ2n) is 5.39. The van der Waals surface area contributed by atoms with E-state index >= 15 is 0 Å². The highest BCUT2D eigenvalue weighted by Gasteiger charge is 2.25. The smallest absolute Gasteiger partial charge is 0.215 e. The summed E-state index contributed by atoms with van der Waals surface area (Å²) in [6, 6.07) is 1.96. The molecule has 0 atom stereocenters. The molecular formula is C14H23FN4O. The van der Waals surface area contributed by atoms with Crippen molar-refractivity contribution >= 4 is 12.2 Å². The molecule has 2 heterocycles. The van der Waals surface area contributed by atoms with Crippen molar-refractivity contribution in [2.24, 2.45) is 0 Å². The number of alkyl halides is 1. The standard InChI is InChI=1S/C14H23FN4O/c1-3-4-6-19-14(17(2)11-20)8-13(16-19)5-7-18-9-12(15)10-18/h8,11-12H,3-7,9-10H2,1-2H3. The molecule has 0 unspecified atom stereocenters. The summed E-state index contributed by atoms with van der Waals surface area (Å²) in [7, 11) is 1.74. The van der Waals surface area contributed by atoms with E-state index in [1.54, 1.807) is 11.9 Å². The van der Waals surface area contributed by atoms with Crippen LogP contribution in [0.3, 0.4) is 0 Å². The van der Waals surface area contributed by atoms with E-state index in [0.717, 1.165) is 50.3 Å². The second kappa shape index (κ2) is 6.83. The topological polar surface area (TPSA) is 41.4 Å². The largest absolute Gasteiger partial charge is 0.303 e. The van der Waals surface area contributed by atoms with Crippen molar-refractivity contribution in [1.29, 1.82) is 0 Å². The van der Waals surface area contributed by atoms with Gasteiger partial charge in [-0.2, -0.15) is 5.10 Å². The SMILES string of the molecule is CCCCn1nc(CCN2CC(F)C2)cc1N(C)C=O. The first kappa shape index (κ1) is 15.0. The van der Waals surface area contributed by atoms with E-state index < -0.39 is 6.17 Å². The number of likely N-dealkylation sites (tertiary alicyclic amines) is 1. The summed E-state index contributed by atoms with van der Waals surface area (Å²) < 4.78 is 14.6. The van der Waals surface area contributed by atoms with Crippen molar-refractivity contribution in [1.82, 2.24) is 14.7 Å².